The lowest BCUT2D eigenvalue weighted by Gasteiger charge is -2.16. The summed E-state index contributed by atoms with van der Waals surface area (Å²) >= 11 is 0. The van der Waals surface area contributed by atoms with Crippen molar-refractivity contribution in [2.75, 3.05) is 17.3 Å². The standard InChI is InChI=1S/C26H22FN5O3/c1-4-5-24(33)31(3)19-8-11-23-22(14-19)26(29-16-28-23)30-18-6-9-20(10-7-18)35-21-12-13-32(17(2)27)25(34)15-21/h6-17H,1-3H3,(H,28,29,30). The van der Waals surface area contributed by atoms with Crippen LogP contribution >= 0.6 is 0 Å². The van der Waals surface area contributed by atoms with Gasteiger partial charge in [-0.15, -0.1) is 0 Å². The molecule has 0 bridgehead atoms. The molecule has 1 unspecified atom stereocenters. The van der Waals surface area contributed by atoms with Gasteiger partial charge < -0.3 is 15.0 Å². The van der Waals surface area contributed by atoms with E-state index in [2.05, 4.69) is 27.1 Å². The second-order valence-electron chi connectivity index (χ2n) is 7.60. The van der Waals surface area contributed by atoms with E-state index in [-0.39, 0.29) is 5.91 Å². The van der Waals surface area contributed by atoms with E-state index in [4.69, 9.17) is 4.74 Å². The number of rotatable bonds is 6. The molecule has 2 aromatic heterocycles. The highest BCUT2D eigenvalue weighted by atomic mass is 19.1. The van der Waals surface area contributed by atoms with Gasteiger partial charge in [-0.3, -0.25) is 14.2 Å². The van der Waals surface area contributed by atoms with Gasteiger partial charge in [-0.25, -0.2) is 14.4 Å². The molecule has 0 saturated heterocycles. The number of carbonyl (C=O) groups excluding carboxylic acids is 1. The average molecular weight is 471 g/mol. The summed E-state index contributed by atoms with van der Waals surface area (Å²) in [6.45, 7) is 2.90. The van der Waals surface area contributed by atoms with Crippen LogP contribution in [0.15, 0.2) is 71.9 Å². The number of carbonyl (C=O) groups is 1. The van der Waals surface area contributed by atoms with Gasteiger partial charge in [0.1, 0.15) is 23.6 Å². The lowest BCUT2D eigenvalue weighted by atomic mass is 10.2. The fourth-order valence-electron chi connectivity index (χ4n) is 3.37. The number of anilines is 3. The van der Waals surface area contributed by atoms with Gasteiger partial charge in [-0.2, -0.15) is 0 Å². The predicted molar refractivity (Wildman–Crippen MR) is 133 cm³/mol. The number of alkyl halides is 1. The van der Waals surface area contributed by atoms with Crippen molar-refractivity contribution in [2.45, 2.75) is 20.1 Å². The Morgan fingerprint density at radius 1 is 1.11 bits per heavy atom. The largest absolute Gasteiger partial charge is 0.457 e. The van der Waals surface area contributed by atoms with E-state index in [9.17, 15) is 14.0 Å². The minimum Gasteiger partial charge on any atom is -0.457 e. The van der Waals surface area contributed by atoms with Crippen molar-refractivity contribution in [1.29, 1.82) is 0 Å². The third kappa shape index (κ3) is 5.28. The highest BCUT2D eigenvalue weighted by Gasteiger charge is 2.12. The van der Waals surface area contributed by atoms with Crippen LogP contribution in [0, 0.1) is 11.8 Å². The molecular weight excluding hydrogens is 449 g/mol. The van der Waals surface area contributed by atoms with E-state index in [0.29, 0.717) is 28.5 Å². The second-order valence-corrected chi connectivity index (χ2v) is 7.60. The molecule has 0 saturated carbocycles. The Morgan fingerprint density at radius 3 is 2.57 bits per heavy atom. The van der Waals surface area contributed by atoms with E-state index in [0.717, 1.165) is 15.6 Å². The van der Waals surface area contributed by atoms with Crippen molar-refractivity contribution in [1.82, 2.24) is 14.5 Å². The molecule has 8 nitrogen and oxygen atoms in total. The molecule has 0 radical (unpaired) electrons. The number of fused-ring (bicyclic) bond motifs is 1. The van der Waals surface area contributed by atoms with Crippen molar-refractivity contribution in [3.63, 3.8) is 0 Å². The average Bonchev–Trinajstić information content (AvgIpc) is 2.84. The number of hydrogen-bond donors (Lipinski definition) is 1. The number of hydrogen-bond acceptors (Lipinski definition) is 6. The lowest BCUT2D eigenvalue weighted by Crippen LogP contribution is -2.24. The first-order chi connectivity index (χ1) is 16.9. The molecule has 0 aliphatic heterocycles. The summed E-state index contributed by atoms with van der Waals surface area (Å²) < 4.78 is 20.1. The molecule has 9 heteroatoms. The first-order valence-corrected chi connectivity index (χ1v) is 10.7. The number of benzene rings is 2. The second kappa shape index (κ2) is 10.1. The molecule has 0 spiro atoms. The molecule has 0 aliphatic carbocycles. The van der Waals surface area contributed by atoms with Gasteiger partial charge >= 0.3 is 5.91 Å². The summed E-state index contributed by atoms with van der Waals surface area (Å²) in [5, 5.41) is 3.99. The maximum absolute atomic E-state index is 13.4. The van der Waals surface area contributed by atoms with Crippen molar-refractivity contribution in [3.8, 4) is 23.3 Å². The first kappa shape index (κ1) is 23.4. The highest BCUT2D eigenvalue weighted by Crippen LogP contribution is 2.28. The Kier molecular flexibility index (Phi) is 6.73. The smallest absolute Gasteiger partial charge is 0.302 e. The number of nitrogens with zero attached hydrogens (tertiary/aromatic N) is 4. The topological polar surface area (TPSA) is 89.3 Å². The Bertz CT molecular complexity index is 1500. The SMILES string of the molecule is CC#CC(=O)N(C)c1ccc2ncnc(Nc3ccc(Oc4ccn(C(C)F)c(=O)c4)cc3)c2c1. The Hall–Kier alpha value is -4.71. The van der Waals surface area contributed by atoms with Crippen LogP contribution in [0.5, 0.6) is 11.5 Å². The lowest BCUT2D eigenvalue weighted by molar-refractivity contribution is -0.113. The van der Waals surface area contributed by atoms with Crippen molar-refractivity contribution >= 4 is 34.0 Å². The van der Waals surface area contributed by atoms with Crippen LogP contribution in [-0.4, -0.2) is 27.5 Å². The number of halogens is 1. The van der Waals surface area contributed by atoms with Gasteiger partial charge in [0, 0.05) is 36.1 Å². The zero-order valence-corrected chi connectivity index (χ0v) is 19.3. The molecule has 4 rings (SSSR count). The predicted octanol–water partition coefficient (Wildman–Crippen LogP) is 4.80. The fraction of sp³-hybridized carbons (Fsp3) is 0.154. The molecule has 4 aromatic rings. The highest BCUT2D eigenvalue weighted by molar-refractivity contribution is 6.06. The van der Waals surface area contributed by atoms with E-state index < -0.39 is 11.9 Å². The number of ether oxygens (including phenoxy) is 1. The quantitative estimate of drug-likeness (QED) is 0.406. The molecule has 2 heterocycles. The van der Waals surface area contributed by atoms with Crippen LogP contribution in [-0.2, 0) is 4.79 Å². The Labute approximate surface area is 201 Å². The minimum absolute atomic E-state index is 0.313. The van der Waals surface area contributed by atoms with Crippen LogP contribution < -0.4 is 20.5 Å². The molecule has 2 aromatic carbocycles. The van der Waals surface area contributed by atoms with Gasteiger partial charge in [-0.1, -0.05) is 5.92 Å². The third-order valence-electron chi connectivity index (χ3n) is 5.20. The van der Waals surface area contributed by atoms with Crippen LogP contribution in [0.25, 0.3) is 10.9 Å². The van der Waals surface area contributed by atoms with Gasteiger partial charge in [0.05, 0.1) is 5.52 Å². The van der Waals surface area contributed by atoms with Crippen LogP contribution in [0.3, 0.4) is 0 Å². The number of amides is 1. The van der Waals surface area contributed by atoms with Crippen molar-refractivity contribution < 1.29 is 13.9 Å². The molecule has 176 valence electrons. The molecule has 0 fully saturated rings. The van der Waals surface area contributed by atoms with Crippen molar-refractivity contribution in [2.24, 2.45) is 0 Å². The van der Waals surface area contributed by atoms with Gasteiger partial charge in [0.15, 0.2) is 6.30 Å². The summed E-state index contributed by atoms with van der Waals surface area (Å²) in [6, 6.07) is 15.3. The first-order valence-electron chi connectivity index (χ1n) is 10.7. The third-order valence-corrected chi connectivity index (χ3v) is 5.20. The number of aromatic nitrogens is 3. The van der Waals surface area contributed by atoms with Crippen LogP contribution in [0.4, 0.5) is 21.6 Å². The summed E-state index contributed by atoms with van der Waals surface area (Å²) in [5.74, 6) is 6.20. The molecule has 1 N–H and O–H groups in total. The fourth-order valence-corrected chi connectivity index (χ4v) is 3.37. The normalized spacial score (nSPS) is 11.3. The van der Waals surface area contributed by atoms with Crippen LogP contribution in [0.2, 0.25) is 0 Å². The Morgan fingerprint density at radius 2 is 1.89 bits per heavy atom. The maximum atomic E-state index is 13.4. The van der Waals surface area contributed by atoms with Gasteiger partial charge in [0.25, 0.3) is 5.56 Å². The van der Waals surface area contributed by atoms with Gasteiger partial charge in [-0.05, 0) is 68.3 Å². The van der Waals surface area contributed by atoms with Gasteiger partial charge in [0.2, 0.25) is 0 Å². The molecule has 35 heavy (non-hydrogen) atoms. The van der Waals surface area contributed by atoms with Crippen molar-refractivity contribution in [3.05, 3.63) is 77.5 Å². The zero-order chi connectivity index (χ0) is 24.9. The number of pyridine rings is 1. The van der Waals surface area contributed by atoms with E-state index in [1.807, 2.05) is 12.1 Å². The zero-order valence-electron chi connectivity index (χ0n) is 19.3. The van der Waals surface area contributed by atoms with E-state index in [1.54, 1.807) is 44.3 Å². The summed E-state index contributed by atoms with van der Waals surface area (Å²) in [6.07, 6.45) is 1.40. The number of nitrogens with one attached hydrogen (secondary N) is 1. The monoisotopic (exact) mass is 471 g/mol. The van der Waals surface area contributed by atoms with E-state index in [1.165, 1.54) is 36.5 Å². The molecule has 1 amide bonds. The molecule has 1 atom stereocenters. The van der Waals surface area contributed by atoms with E-state index >= 15 is 0 Å². The minimum atomic E-state index is -1.42. The summed E-state index contributed by atoms with van der Waals surface area (Å²) in [7, 11) is 1.66. The Balaban J connectivity index is 1.54. The molecule has 0 aliphatic rings. The maximum Gasteiger partial charge on any atom is 0.302 e. The summed E-state index contributed by atoms with van der Waals surface area (Å²) in [5.41, 5.74) is 1.63. The molecular formula is C26H22FN5O3. The summed E-state index contributed by atoms with van der Waals surface area (Å²) in [4.78, 5) is 34.2. The van der Waals surface area contributed by atoms with Crippen LogP contribution in [0.1, 0.15) is 20.1 Å².